The second-order valence-electron chi connectivity index (χ2n) is 5.94. The molecule has 4 rings (SSSR count). The summed E-state index contributed by atoms with van der Waals surface area (Å²) in [5, 5.41) is 6.11. The van der Waals surface area contributed by atoms with Crippen molar-refractivity contribution < 1.29 is 4.79 Å². The molecule has 1 fully saturated rings. The number of rotatable bonds is 3. The number of para-hydroxylation sites is 1. The van der Waals surface area contributed by atoms with E-state index in [4.69, 9.17) is 0 Å². The summed E-state index contributed by atoms with van der Waals surface area (Å²) in [7, 11) is 0. The summed E-state index contributed by atoms with van der Waals surface area (Å²) in [6, 6.07) is 16.1. The van der Waals surface area contributed by atoms with Crippen LogP contribution in [0.3, 0.4) is 0 Å². The van der Waals surface area contributed by atoms with Crippen LogP contribution in [-0.2, 0) is 4.79 Å². The van der Waals surface area contributed by atoms with Gasteiger partial charge in [-0.05, 0) is 43.2 Å². The van der Waals surface area contributed by atoms with E-state index >= 15 is 0 Å². The van der Waals surface area contributed by atoms with Crippen molar-refractivity contribution in [1.82, 2.24) is 0 Å². The molecule has 2 aliphatic heterocycles. The molecule has 0 aliphatic carbocycles. The van der Waals surface area contributed by atoms with Crippen LogP contribution in [-0.4, -0.2) is 19.0 Å². The van der Waals surface area contributed by atoms with Gasteiger partial charge in [-0.15, -0.1) is 0 Å². The Kier molecular flexibility index (Phi) is 3.50. The van der Waals surface area contributed by atoms with Crippen LogP contribution in [0.2, 0.25) is 0 Å². The van der Waals surface area contributed by atoms with Gasteiger partial charge in [0.15, 0.2) is 0 Å². The van der Waals surface area contributed by atoms with Gasteiger partial charge in [0, 0.05) is 41.9 Å². The Labute approximate surface area is 135 Å². The van der Waals surface area contributed by atoms with Gasteiger partial charge in [-0.1, -0.05) is 18.2 Å². The van der Waals surface area contributed by atoms with Crippen molar-refractivity contribution in [3.05, 3.63) is 60.3 Å². The van der Waals surface area contributed by atoms with Gasteiger partial charge in [-0.2, -0.15) is 0 Å². The minimum Gasteiger partial charge on any atom is -0.372 e. The van der Waals surface area contributed by atoms with Crippen LogP contribution in [0.25, 0.3) is 5.57 Å². The van der Waals surface area contributed by atoms with Gasteiger partial charge in [0.25, 0.3) is 5.91 Å². The van der Waals surface area contributed by atoms with Crippen molar-refractivity contribution in [2.45, 2.75) is 12.8 Å². The number of carbonyl (C=O) groups excluding carboxylic acids is 1. The first-order valence-electron chi connectivity index (χ1n) is 8.04. The molecule has 4 nitrogen and oxygen atoms in total. The topological polar surface area (TPSA) is 44.4 Å². The second-order valence-corrected chi connectivity index (χ2v) is 5.94. The van der Waals surface area contributed by atoms with E-state index < -0.39 is 0 Å². The molecule has 0 aromatic heterocycles. The molecule has 0 atom stereocenters. The lowest BCUT2D eigenvalue weighted by Crippen LogP contribution is -2.17. The van der Waals surface area contributed by atoms with E-state index in [0.717, 1.165) is 30.0 Å². The number of carbonyl (C=O) groups is 1. The van der Waals surface area contributed by atoms with E-state index in [2.05, 4.69) is 39.8 Å². The minimum atomic E-state index is -0.0626. The SMILES string of the molecule is O=C1Nc2ccccc2/C1=C\Nc1ccc(N2CCCC2)cc1. The number of hydrogen-bond acceptors (Lipinski definition) is 3. The Hall–Kier alpha value is -2.75. The molecule has 0 bridgehead atoms. The van der Waals surface area contributed by atoms with E-state index in [1.165, 1.54) is 18.5 Å². The second kappa shape index (κ2) is 5.80. The predicted octanol–water partition coefficient (Wildman–Crippen LogP) is 3.69. The first-order valence-corrected chi connectivity index (χ1v) is 8.04. The molecule has 116 valence electrons. The van der Waals surface area contributed by atoms with Crippen LogP contribution in [0.1, 0.15) is 18.4 Å². The quantitative estimate of drug-likeness (QED) is 0.850. The third kappa shape index (κ3) is 2.68. The fourth-order valence-corrected chi connectivity index (χ4v) is 3.18. The van der Waals surface area contributed by atoms with Gasteiger partial charge in [0.1, 0.15) is 0 Å². The molecule has 0 radical (unpaired) electrons. The molecule has 1 amide bonds. The van der Waals surface area contributed by atoms with Crippen molar-refractivity contribution in [1.29, 1.82) is 0 Å². The molecule has 2 heterocycles. The lowest BCUT2D eigenvalue weighted by Gasteiger charge is -2.17. The molecule has 0 unspecified atom stereocenters. The summed E-state index contributed by atoms with van der Waals surface area (Å²) in [6.07, 6.45) is 4.34. The fraction of sp³-hybridized carbons (Fsp3) is 0.211. The summed E-state index contributed by atoms with van der Waals surface area (Å²) < 4.78 is 0. The van der Waals surface area contributed by atoms with Gasteiger partial charge in [0.2, 0.25) is 0 Å². The Morgan fingerprint density at radius 3 is 2.52 bits per heavy atom. The first-order chi connectivity index (χ1) is 11.3. The molecule has 0 spiro atoms. The molecule has 2 aliphatic rings. The highest BCUT2D eigenvalue weighted by molar-refractivity contribution is 6.31. The lowest BCUT2D eigenvalue weighted by atomic mass is 10.1. The number of fused-ring (bicyclic) bond motifs is 1. The molecule has 4 heteroatoms. The van der Waals surface area contributed by atoms with E-state index in [0.29, 0.717) is 5.57 Å². The van der Waals surface area contributed by atoms with Crippen molar-refractivity contribution >= 4 is 28.5 Å². The third-order valence-corrected chi connectivity index (χ3v) is 4.43. The number of nitrogens with one attached hydrogen (secondary N) is 2. The van der Waals surface area contributed by atoms with Crippen molar-refractivity contribution in [2.75, 3.05) is 28.6 Å². The normalized spacial score (nSPS) is 18.2. The first kappa shape index (κ1) is 13.9. The molecule has 1 saturated heterocycles. The molecule has 2 N–H and O–H groups in total. The van der Waals surface area contributed by atoms with Gasteiger partial charge in [0.05, 0.1) is 5.57 Å². The summed E-state index contributed by atoms with van der Waals surface area (Å²) in [4.78, 5) is 14.5. The smallest absolute Gasteiger partial charge is 0.257 e. The van der Waals surface area contributed by atoms with Crippen LogP contribution in [0.15, 0.2) is 54.7 Å². The number of amides is 1. The van der Waals surface area contributed by atoms with Crippen molar-refractivity contribution in [3.63, 3.8) is 0 Å². The maximum atomic E-state index is 12.1. The van der Waals surface area contributed by atoms with Crippen LogP contribution in [0.5, 0.6) is 0 Å². The standard InChI is InChI=1S/C19H19N3O/c23-19-17(16-5-1-2-6-18(16)21-19)13-20-14-7-9-15(10-8-14)22-11-3-4-12-22/h1-2,5-10,13,20H,3-4,11-12H2,(H,21,23)/b17-13+. The van der Waals surface area contributed by atoms with Crippen molar-refractivity contribution in [2.24, 2.45) is 0 Å². The number of anilines is 3. The molecule has 2 aromatic rings. The largest absolute Gasteiger partial charge is 0.372 e. The molecule has 0 saturated carbocycles. The summed E-state index contributed by atoms with van der Waals surface area (Å²) in [5.41, 5.74) is 4.74. The number of benzene rings is 2. The maximum Gasteiger partial charge on any atom is 0.257 e. The van der Waals surface area contributed by atoms with E-state index in [1.54, 1.807) is 6.20 Å². The van der Waals surface area contributed by atoms with E-state index in [1.807, 2.05) is 24.3 Å². The Balaban J connectivity index is 1.51. The molecule has 2 aromatic carbocycles. The minimum absolute atomic E-state index is 0.0626. The number of hydrogen-bond donors (Lipinski definition) is 2. The average molecular weight is 305 g/mol. The summed E-state index contributed by atoms with van der Waals surface area (Å²) in [5.74, 6) is -0.0626. The van der Waals surface area contributed by atoms with Crippen LogP contribution < -0.4 is 15.5 Å². The highest BCUT2D eigenvalue weighted by Gasteiger charge is 2.23. The zero-order valence-electron chi connectivity index (χ0n) is 12.9. The Morgan fingerprint density at radius 2 is 1.74 bits per heavy atom. The zero-order chi connectivity index (χ0) is 15.6. The maximum absolute atomic E-state index is 12.1. The zero-order valence-corrected chi connectivity index (χ0v) is 12.9. The average Bonchev–Trinajstić information content (AvgIpc) is 3.21. The van der Waals surface area contributed by atoms with Gasteiger partial charge in [-0.3, -0.25) is 4.79 Å². The van der Waals surface area contributed by atoms with Crippen molar-refractivity contribution in [3.8, 4) is 0 Å². The summed E-state index contributed by atoms with van der Waals surface area (Å²) >= 11 is 0. The van der Waals surface area contributed by atoms with Gasteiger partial charge < -0.3 is 15.5 Å². The monoisotopic (exact) mass is 305 g/mol. The highest BCUT2D eigenvalue weighted by atomic mass is 16.2. The third-order valence-electron chi connectivity index (χ3n) is 4.43. The van der Waals surface area contributed by atoms with Crippen LogP contribution in [0.4, 0.5) is 17.1 Å². The molecular formula is C19H19N3O. The summed E-state index contributed by atoms with van der Waals surface area (Å²) in [6.45, 7) is 2.29. The Morgan fingerprint density at radius 1 is 1.00 bits per heavy atom. The molecular weight excluding hydrogens is 286 g/mol. The lowest BCUT2D eigenvalue weighted by molar-refractivity contribution is -0.110. The predicted molar refractivity (Wildman–Crippen MR) is 94.6 cm³/mol. The van der Waals surface area contributed by atoms with E-state index in [9.17, 15) is 4.79 Å². The van der Waals surface area contributed by atoms with Crippen LogP contribution in [0, 0.1) is 0 Å². The Bertz CT molecular complexity index is 758. The van der Waals surface area contributed by atoms with Gasteiger partial charge in [-0.25, -0.2) is 0 Å². The van der Waals surface area contributed by atoms with Gasteiger partial charge >= 0.3 is 0 Å². The van der Waals surface area contributed by atoms with Crippen LogP contribution >= 0.6 is 0 Å². The van der Waals surface area contributed by atoms with E-state index in [-0.39, 0.29) is 5.91 Å². The molecule has 23 heavy (non-hydrogen) atoms. The number of nitrogens with zero attached hydrogens (tertiary/aromatic N) is 1. The fourth-order valence-electron chi connectivity index (χ4n) is 3.18. The highest BCUT2D eigenvalue weighted by Crippen LogP contribution is 2.31.